The summed E-state index contributed by atoms with van der Waals surface area (Å²) < 4.78 is 11.1. The van der Waals surface area contributed by atoms with E-state index < -0.39 is 0 Å². The minimum absolute atomic E-state index is 0.0547. The lowest BCUT2D eigenvalue weighted by atomic mass is 9.90. The second-order valence-corrected chi connectivity index (χ2v) is 7.91. The Bertz CT molecular complexity index is 895. The first kappa shape index (κ1) is 20.1. The van der Waals surface area contributed by atoms with E-state index in [4.69, 9.17) is 21.7 Å². The number of nitrogens with one attached hydrogen (secondary N) is 2. The summed E-state index contributed by atoms with van der Waals surface area (Å²) in [6.45, 7) is 8.23. The fourth-order valence-corrected chi connectivity index (χ4v) is 3.65. The summed E-state index contributed by atoms with van der Waals surface area (Å²) in [5, 5.41) is 7.19. The molecule has 3 rings (SSSR count). The number of esters is 1. The largest absolute Gasteiger partial charge is 0.487 e. The number of rotatable bonds is 4. The van der Waals surface area contributed by atoms with E-state index in [1.165, 1.54) is 0 Å². The molecule has 28 heavy (non-hydrogen) atoms. The Hall–Kier alpha value is -2.60. The number of fused-ring (bicyclic) bond motifs is 1. The molecule has 5 nitrogen and oxygen atoms in total. The predicted molar refractivity (Wildman–Crippen MR) is 115 cm³/mol. The summed E-state index contributed by atoms with van der Waals surface area (Å²) in [7, 11) is 0. The summed E-state index contributed by atoms with van der Waals surface area (Å²) in [5.74, 6) is 0.563. The maximum absolute atomic E-state index is 11.9. The fraction of sp³-hybridized carbons (Fsp3) is 0.364. The zero-order valence-corrected chi connectivity index (χ0v) is 17.5. The number of ether oxygens (including phenoxy) is 2. The molecule has 0 radical (unpaired) electrons. The van der Waals surface area contributed by atoms with Crippen LogP contribution < -0.4 is 15.4 Å². The van der Waals surface area contributed by atoms with Crippen LogP contribution in [0.15, 0.2) is 42.5 Å². The number of hydrogen-bond acceptors (Lipinski definition) is 4. The third kappa shape index (κ3) is 4.62. The van der Waals surface area contributed by atoms with Gasteiger partial charge in [0.2, 0.25) is 0 Å². The van der Waals surface area contributed by atoms with Crippen LogP contribution in [0, 0.1) is 6.92 Å². The number of thiocarbonyl (C=S) groups is 1. The molecule has 0 amide bonds. The van der Waals surface area contributed by atoms with E-state index in [-0.39, 0.29) is 17.6 Å². The third-order valence-corrected chi connectivity index (χ3v) is 4.89. The number of carbonyl (C=O) groups excluding carboxylic acids is 1. The molecule has 2 N–H and O–H groups in total. The van der Waals surface area contributed by atoms with Crippen molar-refractivity contribution in [2.45, 2.75) is 45.8 Å². The normalized spacial score (nSPS) is 17.1. The summed E-state index contributed by atoms with van der Waals surface area (Å²) in [6, 6.07) is 13.5. The molecule has 0 aromatic heterocycles. The summed E-state index contributed by atoms with van der Waals surface area (Å²) in [4.78, 5) is 11.9. The van der Waals surface area contributed by atoms with E-state index in [0.29, 0.717) is 17.3 Å². The first-order valence-corrected chi connectivity index (χ1v) is 9.83. The smallest absolute Gasteiger partial charge is 0.338 e. The van der Waals surface area contributed by atoms with Gasteiger partial charge in [-0.2, -0.15) is 0 Å². The molecule has 1 unspecified atom stereocenters. The maximum atomic E-state index is 11.9. The second-order valence-electron chi connectivity index (χ2n) is 7.50. The van der Waals surface area contributed by atoms with Gasteiger partial charge in [0.1, 0.15) is 11.4 Å². The van der Waals surface area contributed by atoms with Crippen LogP contribution >= 0.6 is 12.2 Å². The van der Waals surface area contributed by atoms with Gasteiger partial charge in [0.25, 0.3) is 0 Å². The molecule has 1 aliphatic rings. The Balaban J connectivity index is 1.72. The van der Waals surface area contributed by atoms with Crippen molar-refractivity contribution in [3.05, 3.63) is 59.2 Å². The second kappa shape index (κ2) is 8.19. The molecule has 2 aromatic rings. The molecule has 0 bridgehead atoms. The molecule has 0 fully saturated rings. The van der Waals surface area contributed by atoms with Gasteiger partial charge in [0.05, 0.1) is 18.2 Å². The number of hydrogen-bond donors (Lipinski definition) is 2. The Labute approximate surface area is 171 Å². The van der Waals surface area contributed by atoms with Gasteiger partial charge in [-0.05, 0) is 69.7 Å². The van der Waals surface area contributed by atoms with E-state index in [0.717, 1.165) is 29.0 Å². The Morgan fingerprint density at radius 1 is 1.29 bits per heavy atom. The van der Waals surface area contributed by atoms with E-state index in [9.17, 15) is 4.79 Å². The van der Waals surface area contributed by atoms with Crippen molar-refractivity contribution in [3.63, 3.8) is 0 Å². The van der Waals surface area contributed by atoms with Crippen molar-refractivity contribution in [2.24, 2.45) is 0 Å². The minimum Gasteiger partial charge on any atom is -0.487 e. The van der Waals surface area contributed by atoms with Crippen LogP contribution in [0.25, 0.3) is 0 Å². The molecule has 2 aromatic carbocycles. The van der Waals surface area contributed by atoms with Gasteiger partial charge in [-0.15, -0.1) is 0 Å². The molecule has 1 heterocycles. The van der Waals surface area contributed by atoms with Gasteiger partial charge in [0.15, 0.2) is 5.11 Å². The molecule has 0 saturated heterocycles. The first-order valence-electron chi connectivity index (χ1n) is 9.42. The van der Waals surface area contributed by atoms with Crippen molar-refractivity contribution in [1.82, 2.24) is 5.32 Å². The molecule has 1 atom stereocenters. The lowest BCUT2D eigenvalue weighted by Gasteiger charge is -2.38. The van der Waals surface area contributed by atoms with Crippen LogP contribution in [0.5, 0.6) is 5.75 Å². The molecule has 0 aliphatic carbocycles. The molecular weight excluding hydrogens is 372 g/mol. The number of benzene rings is 2. The topological polar surface area (TPSA) is 59.6 Å². The van der Waals surface area contributed by atoms with Gasteiger partial charge in [-0.1, -0.05) is 18.2 Å². The van der Waals surface area contributed by atoms with Crippen LogP contribution in [0.2, 0.25) is 0 Å². The molecule has 0 saturated carbocycles. The highest BCUT2D eigenvalue weighted by Crippen LogP contribution is 2.39. The van der Waals surface area contributed by atoms with Crippen LogP contribution in [0.4, 0.5) is 5.69 Å². The monoisotopic (exact) mass is 398 g/mol. The van der Waals surface area contributed by atoms with Crippen LogP contribution in [0.1, 0.15) is 54.7 Å². The summed E-state index contributed by atoms with van der Waals surface area (Å²) in [6.07, 6.45) is 0.798. The fourth-order valence-electron chi connectivity index (χ4n) is 3.39. The molecule has 0 spiro atoms. The number of para-hydroxylation sites is 1. The number of carbonyl (C=O) groups is 1. The number of anilines is 1. The van der Waals surface area contributed by atoms with Crippen molar-refractivity contribution >= 4 is 29.0 Å². The minimum atomic E-state index is -0.320. The van der Waals surface area contributed by atoms with E-state index >= 15 is 0 Å². The predicted octanol–water partition coefficient (Wildman–Crippen LogP) is 4.76. The van der Waals surface area contributed by atoms with Gasteiger partial charge in [-0.25, -0.2) is 4.79 Å². The first-order chi connectivity index (χ1) is 13.3. The maximum Gasteiger partial charge on any atom is 0.338 e. The van der Waals surface area contributed by atoms with Crippen molar-refractivity contribution in [1.29, 1.82) is 0 Å². The summed E-state index contributed by atoms with van der Waals surface area (Å²) >= 11 is 5.55. The van der Waals surface area contributed by atoms with Crippen LogP contribution in [0.3, 0.4) is 0 Å². The lowest BCUT2D eigenvalue weighted by molar-refractivity contribution is 0.0526. The zero-order valence-electron chi connectivity index (χ0n) is 16.7. The highest BCUT2D eigenvalue weighted by Gasteiger charge is 2.33. The third-order valence-electron chi connectivity index (χ3n) is 4.67. The van der Waals surface area contributed by atoms with Gasteiger partial charge in [0, 0.05) is 17.7 Å². The Morgan fingerprint density at radius 3 is 2.75 bits per heavy atom. The van der Waals surface area contributed by atoms with E-state index in [2.05, 4.69) is 30.5 Å². The van der Waals surface area contributed by atoms with Crippen molar-refractivity contribution in [3.8, 4) is 5.75 Å². The Kier molecular flexibility index (Phi) is 5.89. The Morgan fingerprint density at radius 2 is 2.04 bits per heavy atom. The van der Waals surface area contributed by atoms with Gasteiger partial charge < -0.3 is 20.1 Å². The zero-order chi connectivity index (χ0) is 20.3. The standard InChI is InChI=1S/C22H26N2O3S/c1-5-26-20(25)15-10-11-17(14(2)12-15)23-21(28)24-18-13-22(3,4)27-19-9-7-6-8-16(18)19/h6-12,18H,5,13H2,1-4H3,(H2,23,24,28). The molecule has 1 aliphatic heterocycles. The molecule has 6 heteroatoms. The van der Waals surface area contributed by atoms with Gasteiger partial charge in [-0.3, -0.25) is 0 Å². The van der Waals surface area contributed by atoms with Crippen LogP contribution in [-0.4, -0.2) is 23.3 Å². The number of aryl methyl sites for hydroxylation is 1. The highest BCUT2D eigenvalue weighted by atomic mass is 32.1. The quantitative estimate of drug-likeness (QED) is 0.572. The highest BCUT2D eigenvalue weighted by molar-refractivity contribution is 7.80. The van der Waals surface area contributed by atoms with E-state index in [1.54, 1.807) is 19.1 Å². The van der Waals surface area contributed by atoms with Crippen molar-refractivity contribution in [2.75, 3.05) is 11.9 Å². The average molecular weight is 399 g/mol. The molecule has 148 valence electrons. The molecular formula is C22H26N2O3S. The van der Waals surface area contributed by atoms with Crippen molar-refractivity contribution < 1.29 is 14.3 Å². The summed E-state index contributed by atoms with van der Waals surface area (Å²) in [5.41, 5.74) is 3.12. The average Bonchev–Trinajstić information content (AvgIpc) is 2.62. The van der Waals surface area contributed by atoms with E-state index in [1.807, 2.05) is 31.2 Å². The van der Waals surface area contributed by atoms with Crippen LogP contribution in [-0.2, 0) is 4.74 Å². The lowest BCUT2D eigenvalue weighted by Crippen LogP contribution is -2.42. The van der Waals surface area contributed by atoms with Gasteiger partial charge >= 0.3 is 5.97 Å². The SMILES string of the molecule is CCOC(=O)c1ccc(NC(=S)NC2CC(C)(C)Oc3ccccc32)c(C)c1.